The normalized spacial score (nSPS) is 10.0. The molecule has 0 saturated carbocycles. The quantitative estimate of drug-likeness (QED) is 0.613. The van der Waals surface area contributed by atoms with Gasteiger partial charge in [0.05, 0.1) is 19.8 Å². The third kappa shape index (κ3) is 2.65. The minimum Gasteiger partial charge on any atom is -0.465 e. The number of carbonyl (C=O) groups is 2. The molecule has 0 amide bonds. The maximum Gasteiger partial charge on any atom is 0.513 e. The highest BCUT2D eigenvalue weighted by atomic mass is 16.7. The van der Waals surface area contributed by atoms with Gasteiger partial charge in [0.2, 0.25) is 0 Å². The smallest absolute Gasteiger partial charge is 0.465 e. The molecule has 0 aliphatic carbocycles. The van der Waals surface area contributed by atoms with Gasteiger partial charge in [-0.25, -0.2) is 9.59 Å². The first-order chi connectivity index (χ1) is 9.15. The van der Waals surface area contributed by atoms with Crippen molar-refractivity contribution in [1.29, 1.82) is 0 Å². The lowest BCUT2D eigenvalue weighted by molar-refractivity contribution is 0.0603. The first-order valence-corrected chi connectivity index (χ1v) is 5.52. The molecule has 19 heavy (non-hydrogen) atoms. The Labute approximate surface area is 109 Å². The van der Waals surface area contributed by atoms with Crippen molar-refractivity contribution in [2.45, 2.75) is 0 Å². The van der Waals surface area contributed by atoms with Crippen molar-refractivity contribution in [2.75, 3.05) is 14.2 Å². The molecule has 0 unspecified atom stereocenters. The lowest BCUT2D eigenvalue weighted by Gasteiger charge is -2.07. The van der Waals surface area contributed by atoms with Gasteiger partial charge in [-0.2, -0.15) is 0 Å². The summed E-state index contributed by atoms with van der Waals surface area (Å²) in [7, 11) is 2.56. The third-order valence-corrected chi connectivity index (χ3v) is 2.63. The predicted octanol–water partition coefficient (Wildman–Crippen LogP) is 2.77. The van der Waals surface area contributed by atoms with Crippen LogP contribution in [0.1, 0.15) is 10.4 Å². The van der Waals surface area contributed by atoms with Crippen LogP contribution in [0.5, 0.6) is 5.75 Å². The van der Waals surface area contributed by atoms with E-state index in [1.807, 2.05) is 6.07 Å². The molecule has 2 aromatic rings. The Kier molecular flexibility index (Phi) is 3.66. The molecule has 0 fully saturated rings. The summed E-state index contributed by atoms with van der Waals surface area (Å²) in [4.78, 5) is 22.6. The Morgan fingerprint density at radius 3 is 2.47 bits per heavy atom. The van der Waals surface area contributed by atoms with Gasteiger partial charge >= 0.3 is 12.1 Å². The Hall–Kier alpha value is -2.56. The topological polar surface area (TPSA) is 61.8 Å². The summed E-state index contributed by atoms with van der Waals surface area (Å²) in [5.41, 5.74) is 0.463. The van der Waals surface area contributed by atoms with Gasteiger partial charge in [0.25, 0.3) is 0 Å². The number of hydrogen-bond donors (Lipinski definition) is 0. The van der Waals surface area contributed by atoms with E-state index in [2.05, 4.69) is 4.74 Å². The van der Waals surface area contributed by atoms with Gasteiger partial charge in [0, 0.05) is 0 Å². The molecule has 2 aromatic carbocycles. The molecule has 0 atom stereocenters. The molecular formula is C14H12O5. The molecule has 98 valence electrons. The van der Waals surface area contributed by atoms with E-state index in [0.717, 1.165) is 10.8 Å². The van der Waals surface area contributed by atoms with Crippen LogP contribution in [0.3, 0.4) is 0 Å². The van der Waals surface area contributed by atoms with Crippen LogP contribution in [0.4, 0.5) is 4.79 Å². The summed E-state index contributed by atoms with van der Waals surface area (Å²) < 4.78 is 14.0. The molecule has 2 rings (SSSR count). The fourth-order valence-electron chi connectivity index (χ4n) is 1.75. The van der Waals surface area contributed by atoms with Crippen molar-refractivity contribution < 1.29 is 23.8 Å². The second kappa shape index (κ2) is 5.39. The standard InChI is InChI=1S/C14H12O5/c1-17-13(15)12-5-3-4-9-8-10(6-7-11(9)12)19-14(16)18-2/h3-8H,1-2H3. The van der Waals surface area contributed by atoms with Crippen molar-refractivity contribution in [2.24, 2.45) is 0 Å². The van der Waals surface area contributed by atoms with E-state index < -0.39 is 12.1 Å². The summed E-state index contributed by atoms with van der Waals surface area (Å²) in [5.74, 6) is -0.0615. The molecule has 0 aliphatic rings. The number of carbonyl (C=O) groups excluding carboxylic acids is 2. The van der Waals surface area contributed by atoms with E-state index in [9.17, 15) is 9.59 Å². The minimum absolute atomic E-state index is 0.348. The van der Waals surface area contributed by atoms with Crippen molar-refractivity contribution in [3.63, 3.8) is 0 Å². The van der Waals surface area contributed by atoms with Gasteiger partial charge in [-0.3, -0.25) is 0 Å². The van der Waals surface area contributed by atoms with Gasteiger partial charge in [0.1, 0.15) is 5.75 Å². The lowest BCUT2D eigenvalue weighted by atomic mass is 10.0. The molecule has 0 aromatic heterocycles. The fourth-order valence-corrected chi connectivity index (χ4v) is 1.75. The predicted molar refractivity (Wildman–Crippen MR) is 68.3 cm³/mol. The molecule has 5 nitrogen and oxygen atoms in total. The number of hydrogen-bond acceptors (Lipinski definition) is 5. The highest BCUT2D eigenvalue weighted by molar-refractivity contribution is 6.04. The van der Waals surface area contributed by atoms with E-state index in [-0.39, 0.29) is 0 Å². The third-order valence-electron chi connectivity index (χ3n) is 2.63. The van der Waals surface area contributed by atoms with Crippen LogP contribution >= 0.6 is 0 Å². The zero-order chi connectivity index (χ0) is 13.8. The molecule has 0 saturated heterocycles. The second-order valence-electron chi connectivity index (χ2n) is 3.74. The van der Waals surface area contributed by atoms with Gasteiger partial charge < -0.3 is 14.2 Å². The van der Waals surface area contributed by atoms with Crippen molar-refractivity contribution in [3.05, 3.63) is 42.0 Å². The Morgan fingerprint density at radius 1 is 1.00 bits per heavy atom. The summed E-state index contributed by atoms with van der Waals surface area (Å²) in [6.07, 6.45) is -0.788. The minimum atomic E-state index is -0.788. The molecule has 0 spiro atoms. The monoisotopic (exact) mass is 260 g/mol. The molecule has 0 bridgehead atoms. The van der Waals surface area contributed by atoms with E-state index in [1.165, 1.54) is 14.2 Å². The number of methoxy groups -OCH3 is 2. The average molecular weight is 260 g/mol. The van der Waals surface area contributed by atoms with Crippen LogP contribution < -0.4 is 4.74 Å². The van der Waals surface area contributed by atoms with Crippen molar-refractivity contribution >= 4 is 22.9 Å². The summed E-state index contributed by atoms with van der Waals surface area (Å²) in [6.45, 7) is 0. The van der Waals surface area contributed by atoms with E-state index in [4.69, 9.17) is 9.47 Å². The van der Waals surface area contributed by atoms with Gasteiger partial charge in [-0.05, 0) is 35.0 Å². The van der Waals surface area contributed by atoms with Crippen molar-refractivity contribution in [1.82, 2.24) is 0 Å². The largest absolute Gasteiger partial charge is 0.513 e. The van der Waals surface area contributed by atoms with Crippen LogP contribution in [0.2, 0.25) is 0 Å². The molecule has 5 heteroatoms. The lowest BCUT2D eigenvalue weighted by Crippen LogP contribution is -2.07. The molecule has 0 N–H and O–H groups in total. The number of ether oxygens (including phenoxy) is 3. The first-order valence-electron chi connectivity index (χ1n) is 5.52. The van der Waals surface area contributed by atoms with E-state index in [1.54, 1.807) is 30.3 Å². The maximum absolute atomic E-state index is 11.6. The molecule has 0 aliphatic heterocycles. The first kappa shape index (κ1) is 12.9. The highest BCUT2D eigenvalue weighted by Gasteiger charge is 2.11. The second-order valence-corrected chi connectivity index (χ2v) is 3.74. The van der Waals surface area contributed by atoms with E-state index >= 15 is 0 Å². The maximum atomic E-state index is 11.6. The number of fused-ring (bicyclic) bond motifs is 1. The Morgan fingerprint density at radius 2 is 1.79 bits per heavy atom. The van der Waals surface area contributed by atoms with Crippen molar-refractivity contribution in [3.8, 4) is 5.75 Å². The Balaban J connectivity index is 2.45. The SMILES string of the molecule is COC(=O)Oc1ccc2c(C(=O)OC)cccc2c1. The van der Waals surface area contributed by atoms with E-state index in [0.29, 0.717) is 11.3 Å². The number of benzene rings is 2. The van der Waals surface area contributed by atoms with Crippen LogP contribution in [0.15, 0.2) is 36.4 Å². The summed E-state index contributed by atoms with van der Waals surface area (Å²) in [6, 6.07) is 10.2. The van der Waals surface area contributed by atoms with Gasteiger partial charge in [-0.15, -0.1) is 0 Å². The average Bonchev–Trinajstić information content (AvgIpc) is 2.45. The van der Waals surface area contributed by atoms with Gasteiger partial charge in [0.15, 0.2) is 0 Å². The number of rotatable bonds is 2. The number of esters is 1. The Bertz CT molecular complexity index is 633. The van der Waals surface area contributed by atoms with Crippen LogP contribution in [-0.2, 0) is 9.47 Å². The molecule has 0 heterocycles. The zero-order valence-electron chi connectivity index (χ0n) is 10.5. The van der Waals surface area contributed by atoms with Crippen LogP contribution in [0.25, 0.3) is 10.8 Å². The van der Waals surface area contributed by atoms with Gasteiger partial charge in [-0.1, -0.05) is 12.1 Å². The zero-order valence-corrected chi connectivity index (χ0v) is 10.5. The summed E-state index contributed by atoms with van der Waals surface area (Å²) >= 11 is 0. The molecular weight excluding hydrogens is 248 g/mol. The van der Waals surface area contributed by atoms with Crippen LogP contribution in [-0.4, -0.2) is 26.3 Å². The fraction of sp³-hybridized carbons (Fsp3) is 0.143. The molecule has 0 radical (unpaired) electrons. The van der Waals surface area contributed by atoms with Crippen LogP contribution in [0, 0.1) is 0 Å². The highest BCUT2D eigenvalue weighted by Crippen LogP contribution is 2.24. The summed E-state index contributed by atoms with van der Waals surface area (Å²) in [5, 5.41) is 1.50.